The molecule has 5 nitrogen and oxygen atoms in total. The number of aliphatic carboxylic acids is 1. The van der Waals surface area contributed by atoms with Crippen LogP contribution in [-0.2, 0) is 11.2 Å². The zero-order valence-corrected chi connectivity index (χ0v) is 10.0. The first-order valence-electron chi connectivity index (χ1n) is 5.38. The largest absolute Gasteiger partial charge is 0.481 e. The molecule has 6 heteroatoms. The number of nitrogens with zero attached hydrogens (tertiary/aromatic N) is 3. The minimum atomic E-state index is -0.909. The van der Waals surface area contributed by atoms with E-state index >= 15 is 0 Å². The van der Waals surface area contributed by atoms with Crippen LogP contribution in [0.15, 0.2) is 18.3 Å². The summed E-state index contributed by atoms with van der Waals surface area (Å²) >= 11 is 0. The number of pyridine rings is 1. The first kappa shape index (κ1) is 12.2. The van der Waals surface area contributed by atoms with Crippen LogP contribution in [0.1, 0.15) is 17.0 Å². The molecule has 2 heterocycles. The van der Waals surface area contributed by atoms with Crippen LogP contribution in [0.4, 0.5) is 4.39 Å². The summed E-state index contributed by atoms with van der Waals surface area (Å²) in [6, 6.07) is 2.79. The van der Waals surface area contributed by atoms with E-state index in [0.717, 1.165) is 6.20 Å². The van der Waals surface area contributed by atoms with E-state index in [9.17, 15) is 9.18 Å². The number of carboxylic acid groups (broad SMARTS) is 1. The fraction of sp³-hybridized carbons (Fsp3) is 0.250. The molecule has 18 heavy (non-hydrogen) atoms. The smallest absolute Gasteiger partial charge is 0.307 e. The van der Waals surface area contributed by atoms with Crippen LogP contribution < -0.4 is 0 Å². The van der Waals surface area contributed by atoms with Gasteiger partial charge in [0.2, 0.25) is 0 Å². The molecule has 0 radical (unpaired) electrons. The summed E-state index contributed by atoms with van der Waals surface area (Å²) in [6.45, 7) is 3.51. The Labute approximate surface area is 103 Å². The van der Waals surface area contributed by atoms with E-state index in [1.165, 1.54) is 16.8 Å². The Morgan fingerprint density at radius 1 is 1.44 bits per heavy atom. The highest BCUT2D eigenvalue weighted by Gasteiger charge is 2.15. The normalized spacial score (nSPS) is 10.6. The van der Waals surface area contributed by atoms with Crippen LogP contribution in [0, 0.1) is 19.7 Å². The lowest BCUT2D eigenvalue weighted by atomic mass is 10.1. The summed E-state index contributed by atoms with van der Waals surface area (Å²) < 4.78 is 14.3. The molecule has 0 spiro atoms. The van der Waals surface area contributed by atoms with Crippen LogP contribution in [0.5, 0.6) is 0 Å². The number of carbonyl (C=O) groups is 1. The van der Waals surface area contributed by atoms with Gasteiger partial charge >= 0.3 is 5.97 Å². The van der Waals surface area contributed by atoms with E-state index in [1.807, 2.05) is 0 Å². The summed E-state index contributed by atoms with van der Waals surface area (Å²) in [5, 5.41) is 13.1. The van der Waals surface area contributed by atoms with Crippen LogP contribution in [0.3, 0.4) is 0 Å². The molecular formula is C12H12FN3O2. The Bertz CT molecular complexity index is 590. The van der Waals surface area contributed by atoms with Crippen molar-refractivity contribution in [1.29, 1.82) is 0 Å². The average molecular weight is 249 g/mol. The molecule has 1 N–H and O–H groups in total. The van der Waals surface area contributed by atoms with E-state index < -0.39 is 11.8 Å². The van der Waals surface area contributed by atoms with Gasteiger partial charge in [-0.05, 0) is 26.0 Å². The summed E-state index contributed by atoms with van der Waals surface area (Å²) in [4.78, 5) is 14.7. The first-order valence-corrected chi connectivity index (χ1v) is 5.38. The van der Waals surface area contributed by atoms with Gasteiger partial charge in [-0.1, -0.05) is 0 Å². The number of aromatic nitrogens is 3. The van der Waals surface area contributed by atoms with Gasteiger partial charge in [0.15, 0.2) is 5.82 Å². The third-order valence-corrected chi connectivity index (χ3v) is 2.70. The van der Waals surface area contributed by atoms with Gasteiger partial charge in [-0.2, -0.15) is 5.10 Å². The van der Waals surface area contributed by atoms with E-state index in [1.54, 1.807) is 13.8 Å². The maximum atomic E-state index is 12.8. The molecule has 94 valence electrons. The van der Waals surface area contributed by atoms with Crippen molar-refractivity contribution in [2.45, 2.75) is 20.3 Å². The van der Waals surface area contributed by atoms with Crippen LogP contribution >= 0.6 is 0 Å². The van der Waals surface area contributed by atoms with Crippen molar-refractivity contribution < 1.29 is 14.3 Å². The Morgan fingerprint density at radius 3 is 2.72 bits per heavy atom. The van der Waals surface area contributed by atoms with Crippen molar-refractivity contribution in [3.8, 4) is 5.82 Å². The van der Waals surface area contributed by atoms with E-state index in [-0.39, 0.29) is 6.42 Å². The van der Waals surface area contributed by atoms with Gasteiger partial charge in [0.25, 0.3) is 0 Å². The predicted molar refractivity (Wildman–Crippen MR) is 62.1 cm³/mol. The summed E-state index contributed by atoms with van der Waals surface area (Å²) in [5.74, 6) is -0.868. The van der Waals surface area contributed by atoms with Crippen LogP contribution in [0.2, 0.25) is 0 Å². The van der Waals surface area contributed by atoms with Crippen molar-refractivity contribution in [3.05, 3.63) is 41.1 Å². The average Bonchev–Trinajstić information content (AvgIpc) is 2.58. The van der Waals surface area contributed by atoms with E-state index in [4.69, 9.17) is 5.11 Å². The van der Waals surface area contributed by atoms with Gasteiger partial charge < -0.3 is 5.11 Å². The quantitative estimate of drug-likeness (QED) is 0.898. The van der Waals surface area contributed by atoms with Gasteiger partial charge in [0.1, 0.15) is 5.82 Å². The number of carboxylic acids is 1. The standard InChI is InChI=1S/C12H12FN3O2/c1-7-10(5-12(17)18)8(2)16(15-7)11-4-3-9(13)6-14-11/h3-4,6H,5H2,1-2H3,(H,17,18). The van der Waals surface area contributed by atoms with Gasteiger partial charge in [0, 0.05) is 11.3 Å². The molecule has 2 aromatic heterocycles. The fourth-order valence-electron chi connectivity index (χ4n) is 1.80. The maximum Gasteiger partial charge on any atom is 0.307 e. The zero-order valence-electron chi connectivity index (χ0n) is 10.0. The molecule has 0 amide bonds. The molecule has 0 aliphatic rings. The van der Waals surface area contributed by atoms with Crippen LogP contribution in [0.25, 0.3) is 5.82 Å². The third-order valence-electron chi connectivity index (χ3n) is 2.70. The predicted octanol–water partition coefficient (Wildman–Crippen LogP) is 1.65. The minimum Gasteiger partial charge on any atom is -0.481 e. The summed E-state index contributed by atoms with van der Waals surface area (Å²) in [6.07, 6.45) is 1.02. The van der Waals surface area contributed by atoms with Crippen molar-refractivity contribution in [2.75, 3.05) is 0 Å². The Balaban J connectivity index is 2.46. The fourth-order valence-corrected chi connectivity index (χ4v) is 1.80. The number of aryl methyl sites for hydroxylation is 1. The third kappa shape index (κ3) is 2.22. The molecule has 0 aliphatic carbocycles. The summed E-state index contributed by atoms with van der Waals surface area (Å²) in [7, 11) is 0. The van der Waals surface area contributed by atoms with Crippen molar-refractivity contribution in [1.82, 2.24) is 14.8 Å². The summed E-state index contributed by atoms with van der Waals surface area (Å²) in [5.41, 5.74) is 2.00. The van der Waals surface area contributed by atoms with E-state index in [0.29, 0.717) is 22.8 Å². The van der Waals surface area contributed by atoms with Gasteiger partial charge in [-0.15, -0.1) is 0 Å². The SMILES string of the molecule is Cc1nn(-c2ccc(F)cn2)c(C)c1CC(=O)O. The number of hydrogen-bond donors (Lipinski definition) is 1. The second-order valence-electron chi connectivity index (χ2n) is 3.97. The monoisotopic (exact) mass is 249 g/mol. The Morgan fingerprint density at radius 2 is 2.17 bits per heavy atom. The zero-order chi connectivity index (χ0) is 13.3. The molecule has 0 saturated carbocycles. The molecule has 0 bridgehead atoms. The molecule has 0 saturated heterocycles. The molecule has 0 atom stereocenters. The number of hydrogen-bond acceptors (Lipinski definition) is 3. The molecule has 0 aromatic carbocycles. The number of halogens is 1. The van der Waals surface area contributed by atoms with Crippen LogP contribution in [-0.4, -0.2) is 25.8 Å². The van der Waals surface area contributed by atoms with Gasteiger partial charge in [-0.3, -0.25) is 4.79 Å². The molecule has 2 rings (SSSR count). The molecule has 0 fully saturated rings. The van der Waals surface area contributed by atoms with Crippen molar-refractivity contribution in [2.24, 2.45) is 0 Å². The lowest BCUT2D eigenvalue weighted by Crippen LogP contribution is -2.04. The molecule has 0 unspecified atom stereocenters. The highest BCUT2D eigenvalue weighted by Crippen LogP contribution is 2.17. The van der Waals surface area contributed by atoms with Gasteiger partial charge in [-0.25, -0.2) is 14.1 Å². The highest BCUT2D eigenvalue weighted by atomic mass is 19.1. The Hall–Kier alpha value is -2.24. The lowest BCUT2D eigenvalue weighted by Gasteiger charge is -2.03. The minimum absolute atomic E-state index is 0.0845. The van der Waals surface area contributed by atoms with E-state index in [2.05, 4.69) is 10.1 Å². The second-order valence-corrected chi connectivity index (χ2v) is 3.97. The number of rotatable bonds is 3. The first-order chi connectivity index (χ1) is 8.49. The molecular weight excluding hydrogens is 237 g/mol. The maximum absolute atomic E-state index is 12.8. The van der Waals surface area contributed by atoms with Crippen molar-refractivity contribution in [3.63, 3.8) is 0 Å². The lowest BCUT2D eigenvalue weighted by molar-refractivity contribution is -0.136. The Kier molecular flexibility index (Phi) is 3.10. The van der Waals surface area contributed by atoms with Gasteiger partial charge in [0.05, 0.1) is 18.3 Å². The second kappa shape index (κ2) is 4.56. The van der Waals surface area contributed by atoms with Crippen molar-refractivity contribution >= 4 is 5.97 Å². The molecule has 2 aromatic rings. The highest BCUT2D eigenvalue weighted by molar-refractivity contribution is 5.71. The molecule has 0 aliphatic heterocycles. The topological polar surface area (TPSA) is 68.0 Å².